The Hall–Kier alpha value is -0.390. The van der Waals surface area contributed by atoms with Gasteiger partial charge in [-0.1, -0.05) is 32.8 Å². The van der Waals surface area contributed by atoms with Crippen LogP contribution >= 0.6 is 15.9 Å². The highest BCUT2D eigenvalue weighted by molar-refractivity contribution is 9.10. The lowest BCUT2D eigenvalue weighted by molar-refractivity contribution is 0.488. The Morgan fingerprint density at radius 3 is 2.40 bits per heavy atom. The van der Waals surface area contributed by atoms with E-state index in [-0.39, 0.29) is 6.04 Å². The Balaban J connectivity index is 2.69. The average Bonchev–Trinajstić information content (AvgIpc) is 2.26. The van der Waals surface area contributed by atoms with Crippen LogP contribution in [0.2, 0.25) is 0 Å². The summed E-state index contributed by atoms with van der Waals surface area (Å²) in [5.41, 5.74) is 1.03. The quantitative estimate of drug-likeness (QED) is 0.788. The van der Waals surface area contributed by atoms with Crippen molar-refractivity contribution in [2.45, 2.75) is 57.9 Å². The van der Waals surface area contributed by atoms with Crippen molar-refractivity contribution in [2.75, 3.05) is 0 Å². The van der Waals surface area contributed by atoms with Crippen LogP contribution in [0.3, 0.4) is 0 Å². The summed E-state index contributed by atoms with van der Waals surface area (Å²) in [4.78, 5) is 0.304. The topological polar surface area (TPSA) is 46.2 Å². The fourth-order valence-corrected chi connectivity index (χ4v) is 4.51. The maximum atomic E-state index is 12.3. The molecule has 0 amide bonds. The van der Waals surface area contributed by atoms with Gasteiger partial charge in [-0.25, -0.2) is 13.1 Å². The first-order valence-electron chi connectivity index (χ1n) is 7.01. The highest BCUT2D eigenvalue weighted by Crippen LogP contribution is 2.23. The molecule has 0 saturated carbocycles. The van der Waals surface area contributed by atoms with Crippen LogP contribution in [-0.4, -0.2) is 14.5 Å². The third kappa shape index (κ3) is 5.54. The van der Waals surface area contributed by atoms with E-state index in [1.165, 1.54) is 0 Å². The maximum absolute atomic E-state index is 12.3. The molecule has 5 heteroatoms. The second kappa shape index (κ2) is 7.57. The highest BCUT2D eigenvalue weighted by Gasteiger charge is 2.19. The summed E-state index contributed by atoms with van der Waals surface area (Å²) in [6.45, 7) is 8.21. The second-order valence-electron chi connectivity index (χ2n) is 5.78. The lowest BCUT2D eigenvalue weighted by Crippen LogP contribution is -2.32. The van der Waals surface area contributed by atoms with Crippen molar-refractivity contribution >= 4 is 26.0 Å². The van der Waals surface area contributed by atoms with Gasteiger partial charge < -0.3 is 0 Å². The molecule has 0 aromatic heterocycles. The average molecular weight is 362 g/mol. The number of aryl methyl sites for hydroxylation is 1. The molecule has 0 aliphatic carbocycles. The Labute approximate surface area is 131 Å². The van der Waals surface area contributed by atoms with Gasteiger partial charge in [0.05, 0.1) is 4.90 Å². The van der Waals surface area contributed by atoms with Gasteiger partial charge in [0, 0.05) is 10.5 Å². The molecule has 20 heavy (non-hydrogen) atoms. The molecule has 1 atom stereocenters. The molecule has 0 fully saturated rings. The summed E-state index contributed by atoms with van der Waals surface area (Å²) < 4.78 is 28.0. The molecule has 1 unspecified atom stereocenters. The van der Waals surface area contributed by atoms with Gasteiger partial charge in [0.25, 0.3) is 0 Å². The molecule has 1 N–H and O–H groups in total. The Morgan fingerprint density at radius 2 is 1.85 bits per heavy atom. The van der Waals surface area contributed by atoms with E-state index < -0.39 is 10.0 Å². The molecule has 1 aromatic rings. The van der Waals surface area contributed by atoms with Gasteiger partial charge in [-0.3, -0.25) is 0 Å². The third-order valence-corrected chi connectivity index (χ3v) is 5.72. The first-order valence-corrected chi connectivity index (χ1v) is 9.28. The lowest BCUT2D eigenvalue weighted by Gasteiger charge is -2.15. The molecule has 0 radical (unpaired) electrons. The fourth-order valence-electron chi connectivity index (χ4n) is 2.04. The van der Waals surface area contributed by atoms with Gasteiger partial charge in [0.2, 0.25) is 10.0 Å². The van der Waals surface area contributed by atoms with Crippen LogP contribution in [-0.2, 0) is 10.0 Å². The van der Waals surface area contributed by atoms with E-state index in [1.807, 2.05) is 26.0 Å². The second-order valence-corrected chi connectivity index (χ2v) is 8.32. The van der Waals surface area contributed by atoms with Gasteiger partial charge in [-0.05, 0) is 59.8 Å². The van der Waals surface area contributed by atoms with E-state index in [1.54, 1.807) is 6.07 Å². The molecule has 0 saturated heterocycles. The highest BCUT2D eigenvalue weighted by atomic mass is 79.9. The molecule has 0 heterocycles. The summed E-state index contributed by atoms with van der Waals surface area (Å²) in [6, 6.07) is 5.22. The molecule has 0 aliphatic rings. The van der Waals surface area contributed by atoms with Crippen molar-refractivity contribution in [1.29, 1.82) is 0 Å². The smallest absolute Gasteiger partial charge is 0.208 e. The summed E-state index contributed by atoms with van der Waals surface area (Å²) >= 11 is 3.33. The lowest BCUT2D eigenvalue weighted by atomic mass is 10.0. The molecule has 0 bridgehead atoms. The number of nitrogens with one attached hydrogen (secondary N) is 1. The predicted molar refractivity (Wildman–Crippen MR) is 87.4 cm³/mol. The van der Waals surface area contributed by atoms with Crippen molar-refractivity contribution in [3.05, 3.63) is 28.2 Å². The van der Waals surface area contributed by atoms with Gasteiger partial charge in [-0.15, -0.1) is 0 Å². The number of hydrogen-bond acceptors (Lipinski definition) is 2. The number of benzene rings is 1. The minimum atomic E-state index is -3.45. The Kier molecular flexibility index (Phi) is 6.69. The van der Waals surface area contributed by atoms with Crippen molar-refractivity contribution in [2.24, 2.45) is 5.92 Å². The van der Waals surface area contributed by atoms with Gasteiger partial charge in [0.1, 0.15) is 0 Å². The van der Waals surface area contributed by atoms with Crippen LogP contribution in [0.15, 0.2) is 27.6 Å². The zero-order valence-corrected chi connectivity index (χ0v) is 15.0. The summed E-state index contributed by atoms with van der Waals surface area (Å²) in [5, 5.41) is 0. The Bertz CT molecular complexity index is 541. The fraction of sp³-hybridized carbons (Fsp3) is 0.600. The maximum Gasteiger partial charge on any atom is 0.241 e. The number of hydrogen-bond donors (Lipinski definition) is 1. The van der Waals surface area contributed by atoms with Gasteiger partial charge >= 0.3 is 0 Å². The molecule has 0 spiro atoms. The zero-order valence-electron chi connectivity index (χ0n) is 12.6. The minimum Gasteiger partial charge on any atom is -0.208 e. The van der Waals surface area contributed by atoms with E-state index >= 15 is 0 Å². The molecule has 0 aliphatic heterocycles. The zero-order chi connectivity index (χ0) is 15.3. The molecular weight excluding hydrogens is 338 g/mol. The van der Waals surface area contributed by atoms with Gasteiger partial charge in [0.15, 0.2) is 0 Å². The van der Waals surface area contributed by atoms with Crippen LogP contribution in [0.25, 0.3) is 0 Å². The summed E-state index contributed by atoms with van der Waals surface area (Å²) in [5.74, 6) is 0.657. The first kappa shape index (κ1) is 17.7. The van der Waals surface area contributed by atoms with Crippen molar-refractivity contribution in [3.8, 4) is 0 Å². The van der Waals surface area contributed by atoms with Crippen molar-refractivity contribution < 1.29 is 8.42 Å². The van der Waals surface area contributed by atoms with E-state index in [0.29, 0.717) is 15.3 Å². The van der Waals surface area contributed by atoms with Crippen LogP contribution < -0.4 is 4.72 Å². The van der Waals surface area contributed by atoms with Crippen LogP contribution in [0.1, 0.15) is 45.6 Å². The molecular formula is C15H24BrNO2S. The van der Waals surface area contributed by atoms with Crippen LogP contribution in [0.5, 0.6) is 0 Å². The first-order chi connectivity index (χ1) is 9.22. The van der Waals surface area contributed by atoms with E-state index in [9.17, 15) is 8.42 Å². The van der Waals surface area contributed by atoms with Crippen LogP contribution in [0, 0.1) is 12.8 Å². The predicted octanol–water partition coefficient (Wildman–Crippen LogP) is 4.25. The number of sulfonamides is 1. The summed E-state index contributed by atoms with van der Waals surface area (Å²) in [7, 11) is -3.45. The minimum absolute atomic E-state index is 0.0491. The van der Waals surface area contributed by atoms with Gasteiger partial charge in [-0.2, -0.15) is 0 Å². The summed E-state index contributed by atoms with van der Waals surface area (Å²) in [6.07, 6.45) is 3.03. The Morgan fingerprint density at radius 1 is 1.20 bits per heavy atom. The molecule has 1 rings (SSSR count). The van der Waals surface area contributed by atoms with E-state index in [0.717, 1.165) is 24.8 Å². The number of halogens is 1. The third-order valence-electron chi connectivity index (χ3n) is 3.15. The standard InChI is InChI=1S/C15H24BrNO2S/c1-11(2)6-5-7-13(4)17-20(18,19)15-9-8-12(3)10-14(15)16/h8-11,13,17H,5-7H2,1-4H3. The van der Waals surface area contributed by atoms with Crippen molar-refractivity contribution in [1.82, 2.24) is 4.72 Å². The van der Waals surface area contributed by atoms with E-state index in [2.05, 4.69) is 34.5 Å². The largest absolute Gasteiger partial charge is 0.241 e. The monoisotopic (exact) mass is 361 g/mol. The molecule has 1 aromatic carbocycles. The van der Waals surface area contributed by atoms with Crippen molar-refractivity contribution in [3.63, 3.8) is 0 Å². The SMILES string of the molecule is Cc1ccc(S(=O)(=O)NC(C)CCCC(C)C)c(Br)c1. The van der Waals surface area contributed by atoms with E-state index in [4.69, 9.17) is 0 Å². The molecule has 3 nitrogen and oxygen atoms in total. The number of rotatable bonds is 7. The van der Waals surface area contributed by atoms with Crippen LogP contribution in [0.4, 0.5) is 0 Å². The normalized spacial score (nSPS) is 13.7. The molecule has 114 valence electrons.